The number of para-hydroxylation sites is 1. The third-order valence-corrected chi connectivity index (χ3v) is 7.07. The zero-order valence-corrected chi connectivity index (χ0v) is 20.7. The SMILES string of the molecule is Cc1ccc(/C=C2\SC(=NC(=O)c3ccccc3)N(c3ccccc3)C2c2ccc(Cl)cc2)cc1. The summed E-state index contributed by atoms with van der Waals surface area (Å²) in [5.74, 6) is -0.263. The number of amidine groups is 1. The molecule has 5 rings (SSSR count). The molecule has 0 aliphatic carbocycles. The lowest BCUT2D eigenvalue weighted by Crippen LogP contribution is -2.28. The van der Waals surface area contributed by atoms with Gasteiger partial charge in [-0.3, -0.25) is 4.79 Å². The van der Waals surface area contributed by atoms with Crippen molar-refractivity contribution in [3.63, 3.8) is 0 Å². The van der Waals surface area contributed by atoms with Crippen LogP contribution in [0.15, 0.2) is 119 Å². The molecule has 35 heavy (non-hydrogen) atoms. The molecule has 0 N–H and O–H groups in total. The van der Waals surface area contributed by atoms with Crippen LogP contribution in [0.3, 0.4) is 0 Å². The summed E-state index contributed by atoms with van der Waals surface area (Å²) in [6.45, 7) is 2.08. The van der Waals surface area contributed by atoms with Crippen LogP contribution < -0.4 is 4.90 Å². The van der Waals surface area contributed by atoms with Gasteiger partial charge in [-0.1, -0.05) is 102 Å². The van der Waals surface area contributed by atoms with Crippen molar-refractivity contribution in [2.45, 2.75) is 13.0 Å². The first-order valence-electron chi connectivity index (χ1n) is 11.3. The van der Waals surface area contributed by atoms with Crippen molar-refractivity contribution >= 4 is 46.2 Å². The fraction of sp³-hybridized carbons (Fsp3) is 0.0667. The van der Waals surface area contributed by atoms with Crippen molar-refractivity contribution in [3.05, 3.63) is 141 Å². The molecule has 0 radical (unpaired) electrons. The molecule has 1 unspecified atom stereocenters. The van der Waals surface area contributed by atoms with E-state index in [9.17, 15) is 4.79 Å². The quantitative estimate of drug-likeness (QED) is 0.286. The highest BCUT2D eigenvalue weighted by Crippen LogP contribution is 2.48. The molecule has 1 fully saturated rings. The van der Waals surface area contributed by atoms with Gasteiger partial charge >= 0.3 is 0 Å². The molecular formula is C30H23ClN2OS. The normalized spacial score (nSPS) is 17.8. The van der Waals surface area contributed by atoms with Gasteiger partial charge in [0.1, 0.15) is 0 Å². The lowest BCUT2D eigenvalue weighted by molar-refractivity contribution is 0.100. The first-order valence-corrected chi connectivity index (χ1v) is 12.5. The van der Waals surface area contributed by atoms with E-state index in [1.807, 2.05) is 72.8 Å². The van der Waals surface area contributed by atoms with Gasteiger partial charge in [0.15, 0.2) is 5.17 Å². The van der Waals surface area contributed by atoms with Crippen LogP contribution in [-0.2, 0) is 0 Å². The van der Waals surface area contributed by atoms with Gasteiger partial charge in [0, 0.05) is 21.2 Å². The molecule has 1 amide bonds. The number of benzene rings is 4. The van der Waals surface area contributed by atoms with Crippen LogP contribution in [0.25, 0.3) is 6.08 Å². The number of aryl methyl sites for hydroxylation is 1. The van der Waals surface area contributed by atoms with Crippen LogP contribution >= 0.6 is 23.4 Å². The van der Waals surface area contributed by atoms with E-state index in [2.05, 4.69) is 47.2 Å². The highest BCUT2D eigenvalue weighted by molar-refractivity contribution is 8.18. The Morgan fingerprint density at radius 2 is 1.49 bits per heavy atom. The maximum atomic E-state index is 13.1. The number of thioether (sulfide) groups is 1. The van der Waals surface area contributed by atoms with Crippen molar-refractivity contribution in [1.82, 2.24) is 0 Å². The zero-order chi connectivity index (χ0) is 24.2. The van der Waals surface area contributed by atoms with Crippen LogP contribution in [0.1, 0.15) is 33.1 Å². The summed E-state index contributed by atoms with van der Waals surface area (Å²) in [5, 5.41) is 1.33. The molecule has 0 aromatic heterocycles. The Labute approximate surface area is 214 Å². The second-order valence-corrected chi connectivity index (χ2v) is 9.76. The van der Waals surface area contributed by atoms with E-state index in [1.165, 1.54) is 17.3 Å². The lowest BCUT2D eigenvalue weighted by atomic mass is 10.0. The Morgan fingerprint density at radius 1 is 0.857 bits per heavy atom. The molecule has 1 aliphatic rings. The van der Waals surface area contributed by atoms with Gasteiger partial charge in [-0.15, -0.1) is 0 Å². The number of nitrogens with zero attached hydrogens (tertiary/aromatic N) is 2. The monoisotopic (exact) mass is 494 g/mol. The van der Waals surface area contributed by atoms with Crippen LogP contribution in [0.2, 0.25) is 5.02 Å². The molecule has 172 valence electrons. The summed E-state index contributed by atoms with van der Waals surface area (Å²) < 4.78 is 0. The fourth-order valence-corrected chi connectivity index (χ4v) is 5.32. The number of hydrogen-bond donors (Lipinski definition) is 0. The van der Waals surface area contributed by atoms with Crippen molar-refractivity contribution < 1.29 is 4.79 Å². The molecule has 3 nitrogen and oxygen atoms in total. The van der Waals surface area contributed by atoms with Crippen molar-refractivity contribution in [2.24, 2.45) is 4.99 Å². The van der Waals surface area contributed by atoms with Gasteiger partial charge in [-0.2, -0.15) is 4.99 Å². The average Bonchev–Trinajstić information content (AvgIpc) is 3.24. The van der Waals surface area contributed by atoms with E-state index < -0.39 is 0 Å². The summed E-state index contributed by atoms with van der Waals surface area (Å²) in [6.07, 6.45) is 2.18. The predicted molar refractivity (Wildman–Crippen MR) is 148 cm³/mol. The van der Waals surface area contributed by atoms with E-state index in [0.29, 0.717) is 15.8 Å². The molecule has 0 bridgehead atoms. The topological polar surface area (TPSA) is 32.7 Å². The Hall–Kier alpha value is -3.60. The largest absolute Gasteiger partial charge is 0.308 e. The molecule has 1 aliphatic heterocycles. The van der Waals surface area contributed by atoms with E-state index >= 15 is 0 Å². The number of amides is 1. The van der Waals surface area contributed by atoms with E-state index in [4.69, 9.17) is 11.6 Å². The lowest BCUT2D eigenvalue weighted by Gasteiger charge is -2.27. The second kappa shape index (κ2) is 10.3. The Bertz CT molecular complexity index is 1380. The van der Waals surface area contributed by atoms with Crippen LogP contribution in [0.4, 0.5) is 5.69 Å². The third-order valence-electron chi connectivity index (χ3n) is 5.77. The molecule has 5 heteroatoms. The molecular weight excluding hydrogens is 472 g/mol. The average molecular weight is 495 g/mol. The molecule has 1 atom stereocenters. The third kappa shape index (κ3) is 5.24. The van der Waals surface area contributed by atoms with Crippen molar-refractivity contribution in [2.75, 3.05) is 4.90 Å². The van der Waals surface area contributed by atoms with E-state index in [1.54, 1.807) is 12.1 Å². The molecule has 1 saturated heterocycles. The first kappa shape index (κ1) is 23.2. The fourth-order valence-electron chi connectivity index (χ4n) is 4.00. The van der Waals surface area contributed by atoms with Crippen LogP contribution in [0.5, 0.6) is 0 Å². The summed E-state index contributed by atoms with van der Waals surface area (Å²) in [7, 11) is 0. The molecule has 1 heterocycles. The van der Waals surface area contributed by atoms with Gasteiger partial charge in [0.2, 0.25) is 0 Å². The number of rotatable bonds is 4. The maximum Gasteiger partial charge on any atom is 0.279 e. The van der Waals surface area contributed by atoms with E-state index in [-0.39, 0.29) is 11.9 Å². The smallest absolute Gasteiger partial charge is 0.279 e. The zero-order valence-electron chi connectivity index (χ0n) is 19.1. The van der Waals surface area contributed by atoms with Crippen LogP contribution in [-0.4, -0.2) is 11.1 Å². The summed E-state index contributed by atoms with van der Waals surface area (Å²) in [4.78, 5) is 20.9. The van der Waals surface area contributed by atoms with E-state index in [0.717, 1.165) is 21.7 Å². The highest BCUT2D eigenvalue weighted by Gasteiger charge is 2.37. The number of anilines is 1. The van der Waals surface area contributed by atoms with Crippen molar-refractivity contribution in [1.29, 1.82) is 0 Å². The van der Waals surface area contributed by atoms with Gasteiger partial charge in [0.05, 0.1) is 6.04 Å². The molecule has 0 spiro atoms. The Morgan fingerprint density at radius 3 is 2.14 bits per heavy atom. The highest BCUT2D eigenvalue weighted by atomic mass is 35.5. The minimum atomic E-state index is -0.263. The van der Waals surface area contributed by atoms with Crippen molar-refractivity contribution in [3.8, 4) is 0 Å². The summed E-state index contributed by atoms with van der Waals surface area (Å²) in [5.41, 5.74) is 4.91. The van der Waals surface area contributed by atoms with Gasteiger partial charge < -0.3 is 4.90 Å². The minimum absolute atomic E-state index is 0.150. The number of carbonyl (C=O) groups excluding carboxylic acids is 1. The van der Waals surface area contributed by atoms with Gasteiger partial charge in [0.25, 0.3) is 5.91 Å². The predicted octanol–water partition coefficient (Wildman–Crippen LogP) is 8.18. The maximum absolute atomic E-state index is 13.1. The second-order valence-electron chi connectivity index (χ2n) is 8.28. The molecule has 0 saturated carbocycles. The van der Waals surface area contributed by atoms with Gasteiger partial charge in [-0.05, 0) is 60.5 Å². The Kier molecular flexibility index (Phi) is 6.84. The first-order chi connectivity index (χ1) is 17.1. The molecule has 4 aromatic rings. The summed E-state index contributed by atoms with van der Waals surface area (Å²) in [6, 6.07) is 35.4. The standard InChI is InChI=1S/C30H23ClN2OS/c1-21-12-14-22(15-13-21)20-27-28(23-16-18-25(31)19-17-23)33(26-10-6-3-7-11-26)30(35-27)32-29(34)24-8-4-2-5-9-24/h2-20,28H,1H3/b27-20-,32-30?. The van der Waals surface area contributed by atoms with Crippen LogP contribution in [0, 0.1) is 6.92 Å². The number of aliphatic imine (C=N–C) groups is 1. The molecule has 4 aromatic carbocycles. The minimum Gasteiger partial charge on any atom is -0.308 e. The summed E-state index contributed by atoms with van der Waals surface area (Å²) >= 11 is 7.74. The van der Waals surface area contributed by atoms with Gasteiger partial charge in [-0.25, -0.2) is 0 Å². The number of carbonyl (C=O) groups is 1. The Balaban J connectivity index is 1.66. The number of halogens is 1. The number of hydrogen-bond acceptors (Lipinski definition) is 2.